The van der Waals surface area contributed by atoms with Crippen molar-refractivity contribution in [1.82, 2.24) is 0 Å². The lowest BCUT2D eigenvalue weighted by atomic mass is 10.1. The lowest BCUT2D eigenvalue weighted by Crippen LogP contribution is -2.23. The lowest BCUT2D eigenvalue weighted by molar-refractivity contribution is -0.137. The Hall–Kier alpha value is -2.22. The van der Waals surface area contributed by atoms with E-state index in [0.717, 1.165) is 6.07 Å². The molecule has 5 heteroatoms. The standard InChI is InChI=1S/C14H13F3N2/c1-3-7-19(8-4-2)12-6-5-11(10-18)13(9-12)14(15,16)17/h3-6,9H,1-2,7-8H2. The van der Waals surface area contributed by atoms with Gasteiger partial charge in [-0.3, -0.25) is 0 Å². The van der Waals surface area contributed by atoms with Gasteiger partial charge in [0.1, 0.15) is 0 Å². The van der Waals surface area contributed by atoms with Crippen LogP contribution in [0, 0.1) is 11.3 Å². The maximum absolute atomic E-state index is 12.8. The van der Waals surface area contributed by atoms with Crippen LogP contribution in [0.2, 0.25) is 0 Å². The van der Waals surface area contributed by atoms with Crippen LogP contribution in [-0.2, 0) is 6.18 Å². The van der Waals surface area contributed by atoms with Gasteiger partial charge in [0.25, 0.3) is 0 Å². The van der Waals surface area contributed by atoms with Gasteiger partial charge in [-0.2, -0.15) is 18.4 Å². The van der Waals surface area contributed by atoms with E-state index in [9.17, 15) is 13.2 Å². The van der Waals surface area contributed by atoms with Gasteiger partial charge in [0.2, 0.25) is 0 Å². The third-order valence-corrected chi connectivity index (χ3v) is 2.49. The summed E-state index contributed by atoms with van der Waals surface area (Å²) in [6.07, 6.45) is -1.36. The van der Waals surface area contributed by atoms with Crippen molar-refractivity contribution in [2.75, 3.05) is 18.0 Å². The van der Waals surface area contributed by atoms with Crippen molar-refractivity contribution in [2.45, 2.75) is 6.18 Å². The van der Waals surface area contributed by atoms with Gasteiger partial charge in [0.05, 0.1) is 17.2 Å². The minimum absolute atomic E-state index is 0.381. The van der Waals surface area contributed by atoms with Crippen molar-refractivity contribution < 1.29 is 13.2 Å². The fourth-order valence-corrected chi connectivity index (χ4v) is 1.66. The maximum atomic E-state index is 12.8. The summed E-state index contributed by atoms with van der Waals surface area (Å²) in [5.74, 6) is 0. The molecule has 1 aromatic carbocycles. The minimum Gasteiger partial charge on any atom is -0.364 e. The molecule has 1 aromatic rings. The van der Waals surface area contributed by atoms with Crippen molar-refractivity contribution in [1.29, 1.82) is 5.26 Å². The normalized spacial score (nSPS) is 10.6. The molecule has 0 atom stereocenters. The number of nitriles is 1. The molecular weight excluding hydrogens is 253 g/mol. The van der Waals surface area contributed by atoms with E-state index in [0.29, 0.717) is 18.8 Å². The molecule has 0 spiro atoms. The fraction of sp³-hybridized carbons (Fsp3) is 0.214. The van der Waals surface area contributed by atoms with Crippen LogP contribution < -0.4 is 4.90 Å². The molecule has 0 saturated carbocycles. The molecule has 0 aliphatic carbocycles. The van der Waals surface area contributed by atoms with Crippen LogP contribution in [-0.4, -0.2) is 13.1 Å². The van der Waals surface area contributed by atoms with E-state index in [2.05, 4.69) is 13.2 Å². The zero-order valence-corrected chi connectivity index (χ0v) is 10.2. The van der Waals surface area contributed by atoms with Gasteiger partial charge in [-0.15, -0.1) is 13.2 Å². The first kappa shape index (κ1) is 14.8. The van der Waals surface area contributed by atoms with Gasteiger partial charge < -0.3 is 4.90 Å². The highest BCUT2D eigenvalue weighted by atomic mass is 19.4. The Morgan fingerprint density at radius 1 is 1.21 bits per heavy atom. The van der Waals surface area contributed by atoms with Crippen molar-refractivity contribution in [3.63, 3.8) is 0 Å². The predicted octanol–water partition coefficient (Wildman–Crippen LogP) is 3.76. The van der Waals surface area contributed by atoms with Crippen LogP contribution in [0.25, 0.3) is 0 Å². The smallest absolute Gasteiger partial charge is 0.364 e. The van der Waals surface area contributed by atoms with Crippen molar-refractivity contribution >= 4 is 5.69 Å². The molecule has 0 aromatic heterocycles. The minimum atomic E-state index is -4.55. The largest absolute Gasteiger partial charge is 0.417 e. The highest BCUT2D eigenvalue weighted by molar-refractivity contribution is 5.55. The second-order valence-corrected chi connectivity index (χ2v) is 3.82. The van der Waals surface area contributed by atoms with Crippen molar-refractivity contribution in [3.8, 4) is 6.07 Å². The quantitative estimate of drug-likeness (QED) is 0.759. The van der Waals surface area contributed by atoms with E-state index in [-0.39, 0.29) is 5.56 Å². The summed E-state index contributed by atoms with van der Waals surface area (Å²) < 4.78 is 38.5. The molecule has 0 aliphatic rings. The van der Waals surface area contributed by atoms with Crippen LogP contribution in [0.3, 0.4) is 0 Å². The predicted molar refractivity (Wildman–Crippen MR) is 68.8 cm³/mol. The summed E-state index contributed by atoms with van der Waals surface area (Å²) >= 11 is 0. The third kappa shape index (κ3) is 3.62. The average Bonchev–Trinajstić information content (AvgIpc) is 2.37. The molecule has 2 nitrogen and oxygen atoms in total. The molecule has 0 fully saturated rings. The molecular formula is C14H13F3N2. The average molecular weight is 266 g/mol. The van der Waals surface area contributed by atoms with E-state index in [1.165, 1.54) is 12.1 Å². The molecule has 0 N–H and O–H groups in total. The van der Waals surface area contributed by atoms with Crippen molar-refractivity contribution in [2.24, 2.45) is 0 Å². The first-order valence-electron chi connectivity index (χ1n) is 5.52. The Morgan fingerprint density at radius 2 is 1.79 bits per heavy atom. The van der Waals surface area contributed by atoms with Crippen LogP contribution in [0.5, 0.6) is 0 Å². The zero-order valence-electron chi connectivity index (χ0n) is 10.2. The Labute approximate surface area is 110 Å². The number of hydrogen-bond donors (Lipinski definition) is 0. The van der Waals surface area contributed by atoms with E-state index in [4.69, 9.17) is 5.26 Å². The van der Waals surface area contributed by atoms with E-state index < -0.39 is 11.7 Å². The first-order valence-corrected chi connectivity index (χ1v) is 5.52. The molecule has 0 heterocycles. The number of hydrogen-bond acceptors (Lipinski definition) is 2. The maximum Gasteiger partial charge on any atom is 0.417 e. The lowest BCUT2D eigenvalue weighted by Gasteiger charge is -2.23. The summed E-state index contributed by atoms with van der Waals surface area (Å²) in [5.41, 5.74) is -0.926. The molecule has 19 heavy (non-hydrogen) atoms. The highest BCUT2D eigenvalue weighted by Crippen LogP contribution is 2.34. The van der Waals surface area contributed by atoms with E-state index in [1.807, 2.05) is 0 Å². The van der Waals surface area contributed by atoms with Crippen LogP contribution in [0.1, 0.15) is 11.1 Å². The van der Waals surface area contributed by atoms with Gasteiger partial charge in [-0.05, 0) is 18.2 Å². The van der Waals surface area contributed by atoms with Gasteiger partial charge in [-0.1, -0.05) is 12.2 Å². The number of anilines is 1. The SMILES string of the molecule is C=CCN(CC=C)c1ccc(C#N)c(C(F)(F)F)c1. The van der Waals surface area contributed by atoms with E-state index in [1.54, 1.807) is 23.1 Å². The number of alkyl halides is 3. The van der Waals surface area contributed by atoms with Gasteiger partial charge in [0, 0.05) is 18.8 Å². The van der Waals surface area contributed by atoms with Crippen LogP contribution >= 0.6 is 0 Å². The molecule has 1 rings (SSSR count). The fourth-order valence-electron chi connectivity index (χ4n) is 1.66. The molecule has 0 aliphatic heterocycles. The Morgan fingerprint density at radius 3 is 2.21 bits per heavy atom. The van der Waals surface area contributed by atoms with Crippen LogP contribution in [0.15, 0.2) is 43.5 Å². The second kappa shape index (κ2) is 6.10. The van der Waals surface area contributed by atoms with Crippen molar-refractivity contribution in [3.05, 3.63) is 54.6 Å². The summed E-state index contributed by atoms with van der Waals surface area (Å²) in [6.45, 7) is 7.92. The third-order valence-electron chi connectivity index (χ3n) is 2.49. The molecule has 0 amide bonds. The monoisotopic (exact) mass is 266 g/mol. The molecule has 0 bridgehead atoms. The first-order chi connectivity index (χ1) is 8.93. The Kier molecular flexibility index (Phi) is 4.76. The number of benzene rings is 1. The summed E-state index contributed by atoms with van der Waals surface area (Å²) in [4.78, 5) is 1.68. The molecule has 0 unspecified atom stereocenters. The topological polar surface area (TPSA) is 27.0 Å². The molecule has 0 saturated heterocycles. The second-order valence-electron chi connectivity index (χ2n) is 3.82. The van der Waals surface area contributed by atoms with E-state index >= 15 is 0 Å². The highest BCUT2D eigenvalue weighted by Gasteiger charge is 2.34. The van der Waals surface area contributed by atoms with Crippen LogP contribution in [0.4, 0.5) is 18.9 Å². The number of rotatable bonds is 5. The number of nitrogens with zero attached hydrogens (tertiary/aromatic N) is 2. The zero-order chi connectivity index (χ0) is 14.5. The van der Waals surface area contributed by atoms with Gasteiger partial charge >= 0.3 is 6.18 Å². The Balaban J connectivity index is 3.27. The Bertz CT molecular complexity index is 502. The number of halogens is 3. The van der Waals surface area contributed by atoms with Gasteiger partial charge in [0.15, 0.2) is 0 Å². The summed E-state index contributed by atoms with van der Waals surface area (Å²) in [6, 6.07) is 5.20. The summed E-state index contributed by atoms with van der Waals surface area (Å²) in [7, 11) is 0. The molecule has 0 radical (unpaired) electrons. The summed E-state index contributed by atoms with van der Waals surface area (Å²) in [5, 5.41) is 8.72. The molecule has 100 valence electrons. The van der Waals surface area contributed by atoms with Gasteiger partial charge in [-0.25, -0.2) is 0 Å².